The van der Waals surface area contributed by atoms with Gasteiger partial charge in [-0.05, 0) is 6.92 Å². The molecular formula is C17H29NO10. The Kier molecular flexibility index (Phi) is 8.30. The van der Waals surface area contributed by atoms with E-state index in [1.54, 1.807) is 6.92 Å². The molecule has 2 rings (SSSR count). The first-order valence-corrected chi connectivity index (χ1v) is 9.00. The van der Waals surface area contributed by atoms with Crippen LogP contribution in [0.3, 0.4) is 0 Å². The van der Waals surface area contributed by atoms with Crippen LogP contribution >= 0.6 is 0 Å². The largest absolute Gasteiger partial charge is 0.394 e. The van der Waals surface area contributed by atoms with E-state index >= 15 is 0 Å². The Hall–Kier alpha value is -1.15. The van der Waals surface area contributed by atoms with Crippen molar-refractivity contribution in [3.8, 4) is 0 Å². The molecule has 1 amide bonds. The van der Waals surface area contributed by atoms with E-state index in [2.05, 4.69) is 11.9 Å². The van der Waals surface area contributed by atoms with Gasteiger partial charge in [-0.2, -0.15) is 0 Å². The number of aliphatic hydroxyl groups is 5. The highest BCUT2D eigenvalue weighted by Gasteiger charge is 2.50. The maximum absolute atomic E-state index is 11.5. The summed E-state index contributed by atoms with van der Waals surface area (Å²) in [5.74, 6) is -0.524. The molecule has 2 saturated heterocycles. The smallest absolute Gasteiger partial charge is 0.217 e. The van der Waals surface area contributed by atoms with Gasteiger partial charge >= 0.3 is 0 Å². The van der Waals surface area contributed by atoms with Crippen LogP contribution < -0.4 is 5.32 Å². The van der Waals surface area contributed by atoms with Crippen LogP contribution in [-0.2, 0) is 23.7 Å². The van der Waals surface area contributed by atoms with Crippen LogP contribution in [0.1, 0.15) is 13.8 Å². The fourth-order valence-electron chi connectivity index (χ4n) is 3.20. The van der Waals surface area contributed by atoms with Crippen LogP contribution in [-0.4, -0.2) is 106 Å². The van der Waals surface area contributed by atoms with Crippen LogP contribution in [0.5, 0.6) is 0 Å². The second kappa shape index (κ2) is 10.1. The molecule has 0 spiro atoms. The lowest BCUT2D eigenvalue weighted by Gasteiger charge is -2.46. The predicted molar refractivity (Wildman–Crippen MR) is 92.7 cm³/mol. The van der Waals surface area contributed by atoms with E-state index in [9.17, 15) is 30.3 Å². The van der Waals surface area contributed by atoms with Gasteiger partial charge in [0.1, 0.15) is 42.7 Å². The molecule has 11 nitrogen and oxygen atoms in total. The van der Waals surface area contributed by atoms with E-state index in [0.717, 1.165) is 0 Å². The van der Waals surface area contributed by atoms with Gasteiger partial charge in [-0.15, -0.1) is 6.58 Å². The molecule has 10 atom stereocenters. The van der Waals surface area contributed by atoms with E-state index in [0.29, 0.717) is 0 Å². The van der Waals surface area contributed by atoms with Crippen molar-refractivity contribution in [1.82, 2.24) is 5.32 Å². The van der Waals surface area contributed by atoms with Crippen molar-refractivity contribution in [1.29, 1.82) is 0 Å². The summed E-state index contributed by atoms with van der Waals surface area (Å²) in [7, 11) is 0. The Labute approximate surface area is 162 Å². The number of carbonyl (C=O) groups is 1. The highest BCUT2D eigenvalue weighted by molar-refractivity contribution is 5.73. The molecule has 0 bridgehead atoms. The molecule has 0 unspecified atom stereocenters. The molecule has 0 aromatic carbocycles. The molecule has 2 fully saturated rings. The van der Waals surface area contributed by atoms with Crippen molar-refractivity contribution < 1.29 is 49.3 Å². The third kappa shape index (κ3) is 5.06. The number of hydrogen-bond donors (Lipinski definition) is 6. The van der Waals surface area contributed by atoms with Crippen LogP contribution in [0.15, 0.2) is 12.7 Å². The molecule has 0 aromatic heterocycles. The number of nitrogens with one attached hydrogen (secondary N) is 1. The molecule has 0 aliphatic carbocycles. The average molecular weight is 407 g/mol. The number of rotatable bonds is 7. The SMILES string of the molecule is C=CCO[C@@H]1O[C@@H](C)[C@@H](O)[C@@H](O[C@@H]2O[C@H](CO)[C@@H](O)[C@H](O)[C@H]2NC(C)=O)[C@@H]1O. The minimum atomic E-state index is -1.51. The Morgan fingerprint density at radius 3 is 2.36 bits per heavy atom. The third-order valence-electron chi connectivity index (χ3n) is 4.70. The van der Waals surface area contributed by atoms with Gasteiger partial charge in [0.2, 0.25) is 5.91 Å². The van der Waals surface area contributed by atoms with Crippen LogP contribution in [0.2, 0.25) is 0 Å². The van der Waals surface area contributed by atoms with Crippen molar-refractivity contribution in [3.63, 3.8) is 0 Å². The third-order valence-corrected chi connectivity index (χ3v) is 4.70. The number of aliphatic hydroxyl groups excluding tert-OH is 5. The summed E-state index contributed by atoms with van der Waals surface area (Å²) in [6, 6.07) is -1.21. The standard InChI is InChI=1S/C17H29NO10/c1-4-5-25-17-14(24)15(11(21)7(2)26-17)28-16-10(18-8(3)20)13(23)12(22)9(6-19)27-16/h4,7,9-17,19,21-24H,1,5-6H2,2-3H3,(H,18,20)/t7-,9+,10+,11+,12+,13+,14-,15+,16-,17+/m0/s1. The maximum atomic E-state index is 11.5. The number of carbonyl (C=O) groups excluding carboxylic acids is 1. The zero-order valence-corrected chi connectivity index (χ0v) is 15.7. The van der Waals surface area contributed by atoms with Crippen molar-refractivity contribution in [2.45, 2.75) is 75.2 Å². The van der Waals surface area contributed by atoms with Gasteiger partial charge in [-0.1, -0.05) is 6.08 Å². The van der Waals surface area contributed by atoms with Crippen molar-refractivity contribution in [2.24, 2.45) is 0 Å². The zero-order chi connectivity index (χ0) is 21.0. The van der Waals surface area contributed by atoms with E-state index in [1.807, 2.05) is 0 Å². The second-order valence-corrected chi connectivity index (χ2v) is 6.85. The van der Waals surface area contributed by atoms with E-state index in [1.165, 1.54) is 13.0 Å². The molecule has 2 aliphatic heterocycles. The average Bonchev–Trinajstić information content (AvgIpc) is 2.65. The molecular weight excluding hydrogens is 378 g/mol. The summed E-state index contributed by atoms with van der Waals surface area (Å²) < 4.78 is 21.9. The minimum Gasteiger partial charge on any atom is -0.394 e. The number of hydrogen-bond acceptors (Lipinski definition) is 10. The Bertz CT molecular complexity index is 534. The van der Waals surface area contributed by atoms with Gasteiger partial charge < -0.3 is 49.8 Å². The quantitative estimate of drug-likeness (QED) is 0.239. The zero-order valence-electron chi connectivity index (χ0n) is 15.7. The van der Waals surface area contributed by atoms with Crippen LogP contribution in [0.4, 0.5) is 0 Å². The minimum absolute atomic E-state index is 0.0865. The summed E-state index contributed by atoms with van der Waals surface area (Å²) in [5, 5.41) is 53.1. The number of ether oxygens (including phenoxy) is 4. The van der Waals surface area contributed by atoms with Gasteiger partial charge in [0, 0.05) is 6.92 Å². The monoisotopic (exact) mass is 407 g/mol. The van der Waals surface area contributed by atoms with Crippen molar-refractivity contribution in [3.05, 3.63) is 12.7 Å². The highest BCUT2D eigenvalue weighted by Crippen LogP contribution is 2.29. The Morgan fingerprint density at radius 1 is 1.11 bits per heavy atom. The van der Waals surface area contributed by atoms with Gasteiger partial charge in [0.15, 0.2) is 12.6 Å². The number of amides is 1. The molecule has 2 aliphatic rings. The Balaban J connectivity index is 2.21. The molecule has 0 aromatic rings. The molecule has 6 N–H and O–H groups in total. The lowest BCUT2D eigenvalue weighted by atomic mass is 9.95. The first-order chi connectivity index (χ1) is 13.2. The molecule has 2 heterocycles. The molecule has 0 saturated carbocycles. The normalized spacial score (nSPS) is 44.1. The topological polar surface area (TPSA) is 167 Å². The van der Waals surface area contributed by atoms with Crippen LogP contribution in [0, 0.1) is 0 Å². The van der Waals surface area contributed by atoms with Gasteiger partial charge in [0.25, 0.3) is 0 Å². The maximum Gasteiger partial charge on any atom is 0.217 e. The first kappa shape index (κ1) is 23.1. The van der Waals surface area contributed by atoms with Gasteiger partial charge in [-0.3, -0.25) is 4.79 Å². The van der Waals surface area contributed by atoms with Crippen LogP contribution in [0.25, 0.3) is 0 Å². The molecule has 11 heteroatoms. The summed E-state index contributed by atoms with van der Waals surface area (Å²) in [6.07, 6.45) is -9.95. The Morgan fingerprint density at radius 2 is 1.79 bits per heavy atom. The lowest BCUT2D eigenvalue weighted by Crippen LogP contribution is -2.67. The predicted octanol–water partition coefficient (Wildman–Crippen LogP) is -3.02. The molecule has 162 valence electrons. The fraction of sp³-hybridized carbons (Fsp3) is 0.824. The van der Waals surface area contributed by atoms with Crippen molar-refractivity contribution in [2.75, 3.05) is 13.2 Å². The molecule has 28 heavy (non-hydrogen) atoms. The summed E-state index contributed by atoms with van der Waals surface area (Å²) in [5.41, 5.74) is 0. The van der Waals surface area contributed by atoms with Gasteiger partial charge in [0.05, 0.1) is 19.3 Å². The first-order valence-electron chi connectivity index (χ1n) is 9.00. The fourth-order valence-corrected chi connectivity index (χ4v) is 3.20. The summed E-state index contributed by atoms with van der Waals surface area (Å²) >= 11 is 0. The lowest BCUT2D eigenvalue weighted by molar-refractivity contribution is -0.342. The van der Waals surface area contributed by atoms with E-state index in [-0.39, 0.29) is 6.61 Å². The van der Waals surface area contributed by atoms with Gasteiger partial charge in [-0.25, -0.2) is 0 Å². The summed E-state index contributed by atoms with van der Waals surface area (Å²) in [4.78, 5) is 11.5. The van der Waals surface area contributed by atoms with Crippen molar-refractivity contribution >= 4 is 5.91 Å². The molecule has 0 radical (unpaired) electrons. The van der Waals surface area contributed by atoms with E-state index < -0.39 is 73.9 Å². The van der Waals surface area contributed by atoms with E-state index in [4.69, 9.17) is 18.9 Å². The second-order valence-electron chi connectivity index (χ2n) is 6.85. The summed E-state index contributed by atoms with van der Waals surface area (Å²) in [6.45, 7) is 5.73. The highest BCUT2D eigenvalue weighted by atomic mass is 16.7.